The quantitative estimate of drug-likeness (QED) is 0.737. The minimum absolute atomic E-state index is 0.117. The molecule has 1 N–H and O–H groups in total. The normalized spacial score (nSPS) is 17.7. The van der Waals surface area contributed by atoms with Gasteiger partial charge in [0.1, 0.15) is 5.82 Å². The molecule has 0 aliphatic heterocycles. The van der Waals surface area contributed by atoms with Crippen LogP contribution in [0.4, 0.5) is 4.39 Å². The van der Waals surface area contributed by atoms with E-state index in [4.69, 9.17) is 16.3 Å². The summed E-state index contributed by atoms with van der Waals surface area (Å²) in [5.74, 6) is 0.377. The summed E-state index contributed by atoms with van der Waals surface area (Å²) in [4.78, 5) is 0. The SMILES string of the molecule is CCCNC(Cc1c(F)cccc1Cl)C(OCC)C1CC1. The molecule has 1 fully saturated rings. The van der Waals surface area contributed by atoms with Gasteiger partial charge in [0.25, 0.3) is 0 Å². The van der Waals surface area contributed by atoms with E-state index in [1.54, 1.807) is 12.1 Å². The van der Waals surface area contributed by atoms with E-state index in [0.717, 1.165) is 13.0 Å². The topological polar surface area (TPSA) is 21.3 Å². The van der Waals surface area contributed by atoms with Gasteiger partial charge < -0.3 is 10.1 Å². The molecule has 0 radical (unpaired) electrons. The second-order valence-electron chi connectivity index (χ2n) is 5.72. The highest BCUT2D eigenvalue weighted by atomic mass is 35.5. The van der Waals surface area contributed by atoms with E-state index in [1.165, 1.54) is 18.9 Å². The van der Waals surface area contributed by atoms with Crippen LogP contribution in [0.2, 0.25) is 5.02 Å². The van der Waals surface area contributed by atoms with Gasteiger partial charge in [0, 0.05) is 23.2 Å². The van der Waals surface area contributed by atoms with E-state index in [2.05, 4.69) is 12.2 Å². The Bertz CT molecular complexity index is 430. The minimum atomic E-state index is -0.225. The van der Waals surface area contributed by atoms with Crippen LogP contribution in [-0.2, 0) is 11.2 Å². The van der Waals surface area contributed by atoms with Crippen molar-refractivity contribution < 1.29 is 9.13 Å². The molecule has 2 unspecified atom stereocenters. The molecule has 0 heterocycles. The van der Waals surface area contributed by atoms with Gasteiger partial charge >= 0.3 is 0 Å². The van der Waals surface area contributed by atoms with Crippen molar-refractivity contribution >= 4 is 11.6 Å². The van der Waals surface area contributed by atoms with Crippen molar-refractivity contribution in [3.63, 3.8) is 0 Å². The first-order chi connectivity index (χ1) is 10.2. The van der Waals surface area contributed by atoms with Crippen LogP contribution in [0.5, 0.6) is 0 Å². The number of hydrogen-bond acceptors (Lipinski definition) is 2. The van der Waals surface area contributed by atoms with Crippen LogP contribution in [0, 0.1) is 11.7 Å². The Labute approximate surface area is 132 Å². The van der Waals surface area contributed by atoms with Gasteiger partial charge in [-0.3, -0.25) is 0 Å². The van der Waals surface area contributed by atoms with Gasteiger partial charge in [-0.1, -0.05) is 24.6 Å². The van der Waals surface area contributed by atoms with E-state index in [1.807, 2.05) is 6.92 Å². The van der Waals surface area contributed by atoms with E-state index in [-0.39, 0.29) is 18.0 Å². The van der Waals surface area contributed by atoms with Gasteiger partial charge in [-0.25, -0.2) is 4.39 Å². The van der Waals surface area contributed by atoms with Gasteiger partial charge in [-0.2, -0.15) is 0 Å². The molecule has 0 aromatic heterocycles. The average Bonchev–Trinajstić information content (AvgIpc) is 3.29. The van der Waals surface area contributed by atoms with Crippen LogP contribution in [0.15, 0.2) is 18.2 Å². The smallest absolute Gasteiger partial charge is 0.127 e. The zero-order valence-corrected chi connectivity index (χ0v) is 13.6. The predicted molar refractivity (Wildman–Crippen MR) is 85.3 cm³/mol. The Hall–Kier alpha value is -0.640. The molecule has 1 aliphatic carbocycles. The molecule has 1 aliphatic rings. The van der Waals surface area contributed by atoms with Crippen LogP contribution in [-0.4, -0.2) is 25.3 Å². The lowest BCUT2D eigenvalue weighted by atomic mass is 9.97. The van der Waals surface area contributed by atoms with Crippen LogP contribution >= 0.6 is 11.6 Å². The molecule has 118 valence electrons. The molecule has 2 atom stereocenters. The van der Waals surface area contributed by atoms with Crippen molar-refractivity contribution in [2.45, 2.75) is 51.7 Å². The minimum Gasteiger partial charge on any atom is -0.377 e. The van der Waals surface area contributed by atoms with Crippen LogP contribution in [0.3, 0.4) is 0 Å². The Balaban J connectivity index is 2.14. The molecule has 0 amide bonds. The lowest BCUT2D eigenvalue weighted by Gasteiger charge is -2.28. The summed E-state index contributed by atoms with van der Waals surface area (Å²) < 4.78 is 20.0. The van der Waals surface area contributed by atoms with Gasteiger partial charge in [0.05, 0.1) is 6.10 Å². The fraction of sp³-hybridized carbons (Fsp3) is 0.647. The number of ether oxygens (including phenoxy) is 1. The van der Waals surface area contributed by atoms with Crippen molar-refractivity contribution in [2.24, 2.45) is 5.92 Å². The Kier molecular flexibility index (Phi) is 6.46. The van der Waals surface area contributed by atoms with E-state index in [9.17, 15) is 4.39 Å². The molecule has 21 heavy (non-hydrogen) atoms. The fourth-order valence-electron chi connectivity index (χ4n) is 2.78. The molecule has 2 nitrogen and oxygen atoms in total. The molecular weight excluding hydrogens is 289 g/mol. The molecule has 0 spiro atoms. The van der Waals surface area contributed by atoms with Crippen LogP contribution < -0.4 is 5.32 Å². The molecule has 1 aromatic carbocycles. The second kappa shape index (κ2) is 8.11. The lowest BCUT2D eigenvalue weighted by molar-refractivity contribution is 0.0191. The number of halogens is 2. The third-order valence-corrected chi connectivity index (χ3v) is 4.34. The third-order valence-electron chi connectivity index (χ3n) is 3.98. The van der Waals surface area contributed by atoms with Crippen LogP contribution in [0.25, 0.3) is 0 Å². The summed E-state index contributed by atoms with van der Waals surface area (Å²) in [6.45, 7) is 5.75. The summed E-state index contributed by atoms with van der Waals surface area (Å²) in [6.07, 6.45) is 4.19. The molecule has 1 saturated carbocycles. The number of hydrogen-bond donors (Lipinski definition) is 1. The van der Waals surface area contributed by atoms with Crippen molar-refractivity contribution in [2.75, 3.05) is 13.2 Å². The maximum Gasteiger partial charge on any atom is 0.127 e. The highest BCUT2D eigenvalue weighted by molar-refractivity contribution is 6.31. The first-order valence-electron chi connectivity index (χ1n) is 7.95. The fourth-order valence-corrected chi connectivity index (χ4v) is 3.02. The Morgan fingerprint density at radius 2 is 2.14 bits per heavy atom. The summed E-state index contributed by atoms with van der Waals surface area (Å²) in [6, 6.07) is 5.00. The summed E-state index contributed by atoms with van der Waals surface area (Å²) >= 11 is 6.18. The zero-order valence-electron chi connectivity index (χ0n) is 12.9. The zero-order chi connectivity index (χ0) is 15.2. The molecule has 4 heteroatoms. The summed E-state index contributed by atoms with van der Waals surface area (Å²) in [5, 5.41) is 4.03. The van der Waals surface area contributed by atoms with Gasteiger partial charge in [0.15, 0.2) is 0 Å². The second-order valence-corrected chi connectivity index (χ2v) is 6.13. The van der Waals surface area contributed by atoms with Crippen molar-refractivity contribution in [1.29, 1.82) is 0 Å². The maximum absolute atomic E-state index is 14.0. The van der Waals surface area contributed by atoms with Crippen molar-refractivity contribution in [3.8, 4) is 0 Å². The predicted octanol–water partition coefficient (Wildman–Crippen LogP) is 4.20. The third kappa shape index (κ3) is 4.67. The molecule has 0 saturated heterocycles. The summed E-state index contributed by atoms with van der Waals surface area (Å²) in [5.41, 5.74) is 0.595. The molecule has 2 rings (SSSR count). The number of nitrogens with one attached hydrogen (secondary N) is 1. The van der Waals surface area contributed by atoms with E-state index >= 15 is 0 Å². The largest absolute Gasteiger partial charge is 0.377 e. The monoisotopic (exact) mass is 313 g/mol. The lowest BCUT2D eigenvalue weighted by Crippen LogP contribution is -2.45. The van der Waals surface area contributed by atoms with Gasteiger partial charge in [-0.05, 0) is 57.2 Å². The average molecular weight is 314 g/mol. The van der Waals surface area contributed by atoms with Gasteiger partial charge in [-0.15, -0.1) is 0 Å². The Morgan fingerprint density at radius 3 is 2.71 bits per heavy atom. The highest BCUT2D eigenvalue weighted by Gasteiger charge is 2.37. The highest BCUT2D eigenvalue weighted by Crippen LogP contribution is 2.37. The molecule has 0 bridgehead atoms. The Morgan fingerprint density at radius 1 is 1.38 bits per heavy atom. The first kappa shape index (κ1) is 16.7. The van der Waals surface area contributed by atoms with E-state index in [0.29, 0.717) is 29.5 Å². The van der Waals surface area contributed by atoms with Gasteiger partial charge in [0.2, 0.25) is 0 Å². The number of benzene rings is 1. The van der Waals surface area contributed by atoms with E-state index < -0.39 is 0 Å². The number of rotatable bonds is 9. The van der Waals surface area contributed by atoms with Crippen molar-refractivity contribution in [1.82, 2.24) is 5.32 Å². The maximum atomic E-state index is 14.0. The standard InChI is InChI=1S/C17H25ClFNO/c1-3-10-20-16(17(21-4-2)12-8-9-12)11-13-14(18)6-5-7-15(13)19/h5-7,12,16-17,20H,3-4,8-11H2,1-2H3. The van der Waals surface area contributed by atoms with Crippen LogP contribution in [0.1, 0.15) is 38.7 Å². The molecule has 1 aromatic rings. The first-order valence-corrected chi connectivity index (χ1v) is 8.33. The van der Waals surface area contributed by atoms with Crippen molar-refractivity contribution in [3.05, 3.63) is 34.6 Å². The summed E-state index contributed by atoms with van der Waals surface area (Å²) in [7, 11) is 0. The molecular formula is C17H25ClFNO.